The van der Waals surface area contributed by atoms with E-state index in [-0.39, 0.29) is 17.3 Å². The van der Waals surface area contributed by atoms with Crippen LogP contribution < -0.4 is 4.90 Å². The Kier molecular flexibility index (Phi) is 4.49. The molecule has 20 heavy (non-hydrogen) atoms. The Morgan fingerprint density at radius 3 is 2.50 bits per heavy atom. The SMILES string of the molecule is CC(Cc1cccs1)N(C)c1c(F)cc(C=O)cc1F. The molecule has 0 amide bonds. The van der Waals surface area contributed by atoms with Crippen molar-refractivity contribution in [3.8, 4) is 0 Å². The smallest absolute Gasteiger partial charge is 0.150 e. The first-order valence-electron chi connectivity index (χ1n) is 6.22. The second-order valence-corrected chi connectivity index (χ2v) is 5.73. The van der Waals surface area contributed by atoms with Gasteiger partial charge in [0, 0.05) is 30.0 Å². The minimum absolute atomic E-state index is 0.00283. The van der Waals surface area contributed by atoms with Crippen LogP contribution in [-0.2, 0) is 6.42 Å². The molecule has 1 heterocycles. The van der Waals surface area contributed by atoms with Crippen LogP contribution in [0, 0.1) is 11.6 Å². The molecule has 2 nitrogen and oxygen atoms in total. The average Bonchev–Trinajstić information content (AvgIpc) is 2.90. The summed E-state index contributed by atoms with van der Waals surface area (Å²) in [5, 5.41) is 1.97. The molecule has 1 unspecified atom stereocenters. The van der Waals surface area contributed by atoms with E-state index in [1.54, 1.807) is 23.3 Å². The highest BCUT2D eigenvalue weighted by Gasteiger charge is 2.19. The van der Waals surface area contributed by atoms with Gasteiger partial charge in [-0.3, -0.25) is 4.79 Å². The van der Waals surface area contributed by atoms with Crippen LogP contribution in [0.25, 0.3) is 0 Å². The molecule has 1 aromatic carbocycles. The predicted molar refractivity (Wildman–Crippen MR) is 77.6 cm³/mol. The zero-order chi connectivity index (χ0) is 14.7. The van der Waals surface area contributed by atoms with E-state index in [0.29, 0.717) is 12.7 Å². The summed E-state index contributed by atoms with van der Waals surface area (Å²) >= 11 is 1.62. The summed E-state index contributed by atoms with van der Waals surface area (Å²) in [6.45, 7) is 1.91. The number of hydrogen-bond donors (Lipinski definition) is 0. The Morgan fingerprint density at radius 1 is 1.35 bits per heavy atom. The first-order chi connectivity index (χ1) is 9.52. The molecule has 0 fully saturated rings. The topological polar surface area (TPSA) is 20.3 Å². The number of thiophene rings is 1. The minimum Gasteiger partial charge on any atom is -0.367 e. The molecule has 1 aromatic heterocycles. The van der Waals surface area contributed by atoms with Crippen LogP contribution in [0.4, 0.5) is 14.5 Å². The summed E-state index contributed by atoms with van der Waals surface area (Å²) in [6, 6.07) is 6.00. The van der Waals surface area contributed by atoms with Crippen LogP contribution in [0.15, 0.2) is 29.6 Å². The maximum atomic E-state index is 13.9. The zero-order valence-corrected chi connectivity index (χ0v) is 12.1. The maximum Gasteiger partial charge on any atom is 0.150 e. The van der Waals surface area contributed by atoms with Gasteiger partial charge < -0.3 is 4.90 Å². The second-order valence-electron chi connectivity index (χ2n) is 4.69. The van der Waals surface area contributed by atoms with Crippen molar-refractivity contribution in [2.75, 3.05) is 11.9 Å². The van der Waals surface area contributed by atoms with Crippen molar-refractivity contribution in [2.24, 2.45) is 0 Å². The number of aldehydes is 1. The summed E-state index contributed by atoms with van der Waals surface area (Å²) in [6.07, 6.45) is 1.15. The molecule has 0 bridgehead atoms. The van der Waals surface area contributed by atoms with Crippen molar-refractivity contribution >= 4 is 23.3 Å². The Morgan fingerprint density at radius 2 is 2.00 bits per heavy atom. The van der Waals surface area contributed by atoms with Crippen LogP contribution in [0.2, 0.25) is 0 Å². The van der Waals surface area contributed by atoms with Crippen molar-refractivity contribution in [2.45, 2.75) is 19.4 Å². The number of benzene rings is 1. The van der Waals surface area contributed by atoms with Crippen molar-refractivity contribution in [3.63, 3.8) is 0 Å². The number of rotatable bonds is 5. The third-order valence-corrected chi connectivity index (χ3v) is 4.16. The number of carbonyl (C=O) groups excluding carboxylic acids is 1. The van der Waals surface area contributed by atoms with E-state index in [0.717, 1.165) is 17.0 Å². The fourth-order valence-corrected chi connectivity index (χ4v) is 2.89. The van der Waals surface area contributed by atoms with Gasteiger partial charge in [0.15, 0.2) is 0 Å². The summed E-state index contributed by atoms with van der Waals surface area (Å²) in [5.41, 5.74) is -0.0947. The number of carbonyl (C=O) groups is 1. The van der Waals surface area contributed by atoms with E-state index < -0.39 is 11.6 Å². The zero-order valence-electron chi connectivity index (χ0n) is 11.3. The highest BCUT2D eigenvalue weighted by Crippen LogP contribution is 2.26. The Balaban J connectivity index is 2.24. The van der Waals surface area contributed by atoms with Gasteiger partial charge in [-0.2, -0.15) is 0 Å². The molecule has 0 saturated heterocycles. The van der Waals surface area contributed by atoms with E-state index in [1.807, 2.05) is 24.4 Å². The summed E-state index contributed by atoms with van der Waals surface area (Å²) in [5.74, 6) is -1.43. The van der Waals surface area contributed by atoms with Gasteiger partial charge in [0.2, 0.25) is 0 Å². The molecule has 5 heteroatoms. The monoisotopic (exact) mass is 295 g/mol. The number of anilines is 1. The highest BCUT2D eigenvalue weighted by molar-refractivity contribution is 7.09. The van der Waals surface area contributed by atoms with E-state index in [9.17, 15) is 13.6 Å². The fraction of sp³-hybridized carbons (Fsp3) is 0.267. The van der Waals surface area contributed by atoms with Crippen molar-refractivity contribution in [1.29, 1.82) is 0 Å². The number of nitrogens with zero attached hydrogens (tertiary/aromatic N) is 1. The van der Waals surface area contributed by atoms with E-state index >= 15 is 0 Å². The van der Waals surface area contributed by atoms with E-state index in [1.165, 1.54) is 0 Å². The van der Waals surface area contributed by atoms with Crippen LogP contribution in [0.5, 0.6) is 0 Å². The normalized spacial score (nSPS) is 12.2. The lowest BCUT2D eigenvalue weighted by Crippen LogP contribution is -2.32. The van der Waals surface area contributed by atoms with E-state index in [4.69, 9.17) is 0 Å². The first kappa shape index (κ1) is 14.7. The second kappa shape index (κ2) is 6.13. The van der Waals surface area contributed by atoms with Gasteiger partial charge in [-0.1, -0.05) is 6.07 Å². The summed E-state index contributed by atoms with van der Waals surface area (Å²) in [7, 11) is 1.65. The Bertz CT molecular complexity index is 575. The number of likely N-dealkylation sites (N-methyl/N-ethyl adjacent to an activating group) is 1. The molecule has 2 aromatic rings. The quantitative estimate of drug-likeness (QED) is 0.780. The molecule has 106 valence electrons. The molecule has 0 aliphatic rings. The molecule has 0 saturated carbocycles. The van der Waals surface area contributed by atoms with E-state index in [2.05, 4.69) is 0 Å². The van der Waals surface area contributed by atoms with Gasteiger partial charge in [0.1, 0.15) is 23.6 Å². The predicted octanol–water partition coefficient (Wildman–Crippen LogP) is 3.91. The van der Waals surface area contributed by atoms with Gasteiger partial charge in [0.25, 0.3) is 0 Å². The molecule has 0 aliphatic carbocycles. The fourth-order valence-electron chi connectivity index (χ4n) is 2.07. The Labute approximate surface area is 120 Å². The van der Waals surface area contributed by atoms with Crippen molar-refractivity contribution < 1.29 is 13.6 Å². The molecular weight excluding hydrogens is 280 g/mol. The van der Waals surface area contributed by atoms with Crippen LogP contribution in [-0.4, -0.2) is 19.4 Å². The molecule has 0 radical (unpaired) electrons. The molecule has 0 N–H and O–H groups in total. The largest absolute Gasteiger partial charge is 0.367 e. The maximum absolute atomic E-state index is 13.9. The van der Waals surface area contributed by atoms with Gasteiger partial charge in [-0.25, -0.2) is 8.78 Å². The standard InChI is InChI=1S/C15H15F2NOS/c1-10(6-12-4-3-5-20-12)18(2)15-13(16)7-11(9-19)8-14(15)17/h3-5,7-10H,6H2,1-2H3. The summed E-state index contributed by atoms with van der Waals surface area (Å²) in [4.78, 5) is 13.3. The van der Waals surface area contributed by atoms with Crippen molar-refractivity contribution in [1.82, 2.24) is 0 Å². The lowest BCUT2D eigenvalue weighted by Gasteiger charge is -2.27. The summed E-state index contributed by atoms with van der Waals surface area (Å²) < 4.78 is 27.9. The molecule has 0 spiro atoms. The Hall–Kier alpha value is -1.75. The first-order valence-corrected chi connectivity index (χ1v) is 7.10. The third kappa shape index (κ3) is 3.04. The van der Waals surface area contributed by atoms with Gasteiger partial charge >= 0.3 is 0 Å². The molecular formula is C15H15F2NOS. The number of halogens is 2. The minimum atomic E-state index is -0.715. The van der Waals surface area contributed by atoms with Crippen molar-refractivity contribution in [3.05, 3.63) is 51.7 Å². The van der Waals surface area contributed by atoms with Gasteiger partial charge in [0.05, 0.1) is 0 Å². The molecule has 0 aliphatic heterocycles. The lowest BCUT2D eigenvalue weighted by atomic mass is 10.1. The highest BCUT2D eigenvalue weighted by atomic mass is 32.1. The lowest BCUT2D eigenvalue weighted by molar-refractivity contribution is 0.112. The molecule has 1 atom stereocenters. The van der Waals surface area contributed by atoms with Crippen LogP contribution in [0.1, 0.15) is 22.2 Å². The van der Waals surface area contributed by atoms with Crippen LogP contribution >= 0.6 is 11.3 Å². The van der Waals surface area contributed by atoms with Gasteiger partial charge in [-0.15, -0.1) is 11.3 Å². The average molecular weight is 295 g/mol. The molecule has 2 rings (SSSR count). The van der Waals surface area contributed by atoms with Gasteiger partial charge in [-0.05, 0) is 30.5 Å². The third-order valence-electron chi connectivity index (χ3n) is 3.27. The van der Waals surface area contributed by atoms with Crippen LogP contribution in [0.3, 0.4) is 0 Å². The number of hydrogen-bond acceptors (Lipinski definition) is 3.